The van der Waals surface area contributed by atoms with E-state index in [1.807, 2.05) is 19.0 Å². The van der Waals surface area contributed by atoms with Crippen molar-refractivity contribution < 1.29 is 9.53 Å². The Labute approximate surface area is 84.8 Å². The Balaban J connectivity index is 2.13. The summed E-state index contributed by atoms with van der Waals surface area (Å²) in [5.74, 6) is -0.0148. The first-order valence-corrected chi connectivity index (χ1v) is 4.95. The molecule has 0 aliphatic carbocycles. The average Bonchev–Trinajstić information content (AvgIpc) is 2.18. The number of nitrogens with zero attached hydrogens (tertiary/aromatic N) is 1. The summed E-state index contributed by atoms with van der Waals surface area (Å²) in [4.78, 5) is 13.5. The summed E-state index contributed by atoms with van der Waals surface area (Å²) in [5, 5.41) is 5.96. The number of likely N-dealkylation sites (N-methyl/N-ethyl adjacent to an activating group) is 1. The van der Waals surface area contributed by atoms with E-state index in [4.69, 9.17) is 4.74 Å². The van der Waals surface area contributed by atoms with Crippen molar-refractivity contribution in [1.29, 1.82) is 0 Å². The lowest BCUT2D eigenvalue weighted by molar-refractivity contribution is -0.134. The minimum Gasteiger partial charge on any atom is -0.366 e. The molecule has 1 fully saturated rings. The van der Waals surface area contributed by atoms with Crippen LogP contribution < -0.4 is 10.6 Å². The Kier molecular flexibility index (Phi) is 4.86. The molecule has 2 N–H and O–H groups in total. The van der Waals surface area contributed by atoms with Gasteiger partial charge < -0.3 is 20.3 Å². The van der Waals surface area contributed by atoms with Crippen LogP contribution in [0.15, 0.2) is 0 Å². The van der Waals surface area contributed by atoms with E-state index in [9.17, 15) is 4.79 Å². The molecule has 1 saturated heterocycles. The second kappa shape index (κ2) is 5.95. The Bertz CT molecular complexity index is 179. The molecule has 0 bridgehead atoms. The summed E-state index contributed by atoms with van der Waals surface area (Å²) in [6.07, 6.45) is -0.314. The third-order valence-electron chi connectivity index (χ3n) is 2.08. The Morgan fingerprint density at radius 3 is 3.00 bits per heavy atom. The second-order valence-electron chi connectivity index (χ2n) is 3.66. The number of morpholine rings is 1. The van der Waals surface area contributed by atoms with E-state index in [0.29, 0.717) is 19.7 Å². The monoisotopic (exact) mass is 201 g/mol. The highest BCUT2D eigenvalue weighted by molar-refractivity contribution is 5.81. The van der Waals surface area contributed by atoms with E-state index < -0.39 is 0 Å². The number of amides is 1. The highest BCUT2D eigenvalue weighted by atomic mass is 16.5. The first-order chi connectivity index (χ1) is 6.70. The van der Waals surface area contributed by atoms with Crippen molar-refractivity contribution in [1.82, 2.24) is 15.5 Å². The molecule has 0 radical (unpaired) electrons. The van der Waals surface area contributed by atoms with E-state index in [1.165, 1.54) is 0 Å². The van der Waals surface area contributed by atoms with Crippen LogP contribution in [0.4, 0.5) is 0 Å². The molecule has 5 heteroatoms. The van der Waals surface area contributed by atoms with Gasteiger partial charge in [-0.15, -0.1) is 0 Å². The zero-order valence-corrected chi connectivity index (χ0v) is 8.88. The van der Waals surface area contributed by atoms with Gasteiger partial charge in [-0.2, -0.15) is 0 Å². The van der Waals surface area contributed by atoms with Gasteiger partial charge in [-0.05, 0) is 14.1 Å². The van der Waals surface area contributed by atoms with Crippen molar-refractivity contribution in [3.63, 3.8) is 0 Å². The molecule has 1 atom stereocenters. The van der Waals surface area contributed by atoms with Gasteiger partial charge in [-0.3, -0.25) is 4.79 Å². The van der Waals surface area contributed by atoms with E-state index in [-0.39, 0.29) is 12.0 Å². The fraction of sp³-hybridized carbons (Fsp3) is 0.889. The third kappa shape index (κ3) is 4.04. The summed E-state index contributed by atoms with van der Waals surface area (Å²) >= 11 is 0. The summed E-state index contributed by atoms with van der Waals surface area (Å²) in [7, 11) is 3.95. The van der Waals surface area contributed by atoms with Crippen molar-refractivity contribution in [3.8, 4) is 0 Å². The molecule has 0 saturated carbocycles. The van der Waals surface area contributed by atoms with Crippen LogP contribution in [0.25, 0.3) is 0 Å². The van der Waals surface area contributed by atoms with Crippen LogP contribution in [0, 0.1) is 0 Å². The minimum absolute atomic E-state index is 0.0148. The molecule has 0 aromatic heterocycles. The number of nitrogens with one attached hydrogen (secondary N) is 2. The summed E-state index contributed by atoms with van der Waals surface area (Å²) in [6.45, 7) is 3.60. The van der Waals surface area contributed by atoms with Crippen molar-refractivity contribution in [2.24, 2.45) is 0 Å². The molecular weight excluding hydrogens is 182 g/mol. The van der Waals surface area contributed by atoms with Gasteiger partial charge in [-0.1, -0.05) is 0 Å². The average molecular weight is 201 g/mol. The van der Waals surface area contributed by atoms with Crippen molar-refractivity contribution in [2.75, 3.05) is 46.9 Å². The number of carbonyl (C=O) groups excluding carboxylic acids is 1. The highest BCUT2D eigenvalue weighted by Gasteiger charge is 2.20. The molecule has 5 nitrogen and oxygen atoms in total. The van der Waals surface area contributed by atoms with Crippen LogP contribution in [0.1, 0.15) is 0 Å². The number of hydrogen-bond acceptors (Lipinski definition) is 4. The van der Waals surface area contributed by atoms with Gasteiger partial charge in [0.1, 0.15) is 6.10 Å². The van der Waals surface area contributed by atoms with Gasteiger partial charge in [0, 0.05) is 26.2 Å². The maximum absolute atomic E-state index is 11.5. The van der Waals surface area contributed by atoms with Crippen LogP contribution in [0.3, 0.4) is 0 Å². The minimum atomic E-state index is -0.314. The third-order valence-corrected chi connectivity index (χ3v) is 2.08. The molecule has 0 spiro atoms. The smallest absolute Gasteiger partial charge is 0.250 e. The maximum Gasteiger partial charge on any atom is 0.250 e. The van der Waals surface area contributed by atoms with Crippen LogP contribution in [0.5, 0.6) is 0 Å². The molecule has 0 unspecified atom stereocenters. The van der Waals surface area contributed by atoms with E-state index in [0.717, 1.165) is 13.1 Å². The Morgan fingerprint density at radius 1 is 1.64 bits per heavy atom. The number of rotatable bonds is 4. The molecule has 1 heterocycles. The zero-order chi connectivity index (χ0) is 10.4. The molecular formula is C9H19N3O2. The van der Waals surface area contributed by atoms with Gasteiger partial charge in [-0.25, -0.2) is 0 Å². The topological polar surface area (TPSA) is 53.6 Å². The van der Waals surface area contributed by atoms with E-state index in [2.05, 4.69) is 10.6 Å². The standard InChI is InChI=1S/C9H19N3O2/c1-12(2)5-3-11-9(13)8-7-10-4-6-14-8/h8,10H,3-7H2,1-2H3,(H,11,13)/t8-/m0/s1. The van der Waals surface area contributed by atoms with Gasteiger partial charge in [0.2, 0.25) is 0 Å². The van der Waals surface area contributed by atoms with Crippen molar-refractivity contribution in [2.45, 2.75) is 6.10 Å². The number of ether oxygens (including phenoxy) is 1. The quantitative estimate of drug-likeness (QED) is 0.591. The first-order valence-electron chi connectivity index (χ1n) is 4.95. The fourth-order valence-electron chi connectivity index (χ4n) is 1.25. The maximum atomic E-state index is 11.5. The Morgan fingerprint density at radius 2 is 2.43 bits per heavy atom. The molecule has 0 aromatic carbocycles. The summed E-state index contributed by atoms with van der Waals surface area (Å²) in [6, 6.07) is 0. The molecule has 82 valence electrons. The SMILES string of the molecule is CN(C)CCNC(=O)[C@@H]1CNCCO1. The van der Waals surface area contributed by atoms with Gasteiger partial charge in [0.25, 0.3) is 5.91 Å². The molecule has 0 aromatic rings. The summed E-state index contributed by atoms with van der Waals surface area (Å²) in [5.41, 5.74) is 0. The van der Waals surface area contributed by atoms with Crippen LogP contribution in [-0.4, -0.2) is 63.8 Å². The zero-order valence-electron chi connectivity index (χ0n) is 8.88. The normalized spacial score (nSPS) is 22.4. The van der Waals surface area contributed by atoms with Crippen LogP contribution in [-0.2, 0) is 9.53 Å². The lowest BCUT2D eigenvalue weighted by Gasteiger charge is -2.23. The summed E-state index contributed by atoms with van der Waals surface area (Å²) < 4.78 is 5.31. The van der Waals surface area contributed by atoms with Crippen LogP contribution >= 0.6 is 0 Å². The molecule has 1 aliphatic rings. The van der Waals surface area contributed by atoms with E-state index in [1.54, 1.807) is 0 Å². The molecule has 1 amide bonds. The molecule has 1 rings (SSSR count). The Hall–Kier alpha value is -0.650. The first kappa shape index (κ1) is 11.4. The van der Waals surface area contributed by atoms with Gasteiger partial charge in [0.15, 0.2) is 0 Å². The molecule has 1 aliphatic heterocycles. The predicted molar refractivity (Wildman–Crippen MR) is 54.2 cm³/mol. The second-order valence-corrected chi connectivity index (χ2v) is 3.66. The van der Waals surface area contributed by atoms with E-state index >= 15 is 0 Å². The molecule has 14 heavy (non-hydrogen) atoms. The van der Waals surface area contributed by atoms with Crippen LogP contribution in [0.2, 0.25) is 0 Å². The van der Waals surface area contributed by atoms with Gasteiger partial charge >= 0.3 is 0 Å². The number of hydrogen-bond donors (Lipinski definition) is 2. The predicted octanol–water partition coefficient (Wildman–Crippen LogP) is -1.35. The lowest BCUT2D eigenvalue weighted by atomic mass is 10.3. The largest absolute Gasteiger partial charge is 0.366 e. The van der Waals surface area contributed by atoms with Gasteiger partial charge in [0.05, 0.1) is 6.61 Å². The highest BCUT2D eigenvalue weighted by Crippen LogP contribution is 1.95. The fourth-order valence-corrected chi connectivity index (χ4v) is 1.25. The van der Waals surface area contributed by atoms with Crippen molar-refractivity contribution in [3.05, 3.63) is 0 Å². The van der Waals surface area contributed by atoms with Crippen molar-refractivity contribution >= 4 is 5.91 Å². The number of carbonyl (C=O) groups is 1. The lowest BCUT2D eigenvalue weighted by Crippen LogP contribution is -2.48.